The lowest BCUT2D eigenvalue weighted by Gasteiger charge is -2.20. The number of hydrogen-bond acceptors (Lipinski definition) is 3. The van der Waals surface area contributed by atoms with Gasteiger partial charge in [-0.25, -0.2) is 4.79 Å². The first kappa shape index (κ1) is 17.9. The lowest BCUT2D eigenvalue weighted by Crippen LogP contribution is -2.45. The van der Waals surface area contributed by atoms with Crippen molar-refractivity contribution in [2.24, 2.45) is 5.92 Å². The molecule has 6 heteroatoms. The summed E-state index contributed by atoms with van der Waals surface area (Å²) in [6.45, 7) is 3.73. The van der Waals surface area contributed by atoms with E-state index in [0.29, 0.717) is 17.2 Å². The zero-order chi connectivity index (χ0) is 15.8. The van der Waals surface area contributed by atoms with Gasteiger partial charge in [-0.05, 0) is 30.2 Å². The molecule has 0 aromatic heterocycles. The third-order valence-electron chi connectivity index (χ3n) is 3.21. The highest BCUT2D eigenvalue weighted by molar-refractivity contribution is 7.99. The third kappa shape index (κ3) is 6.40. The predicted octanol–water partition coefficient (Wildman–Crippen LogP) is 3.44. The van der Waals surface area contributed by atoms with Gasteiger partial charge in [-0.2, -0.15) is 0 Å². The van der Waals surface area contributed by atoms with Gasteiger partial charge >= 0.3 is 5.97 Å². The number of carbonyl (C=O) groups excluding carboxylic acids is 1. The minimum atomic E-state index is -0.983. The summed E-state index contributed by atoms with van der Waals surface area (Å²) in [7, 11) is 0. The van der Waals surface area contributed by atoms with Gasteiger partial charge in [0.2, 0.25) is 5.91 Å². The molecule has 0 heterocycles. The zero-order valence-electron chi connectivity index (χ0n) is 12.1. The van der Waals surface area contributed by atoms with Crippen molar-refractivity contribution in [1.82, 2.24) is 5.32 Å². The molecule has 0 saturated carbocycles. The van der Waals surface area contributed by atoms with Crippen LogP contribution in [-0.2, 0) is 9.59 Å². The average Bonchev–Trinajstić information content (AvgIpc) is 2.45. The molecule has 0 spiro atoms. The van der Waals surface area contributed by atoms with Gasteiger partial charge in [0.05, 0.1) is 0 Å². The Morgan fingerprint density at radius 3 is 2.48 bits per heavy atom. The summed E-state index contributed by atoms with van der Waals surface area (Å²) in [4.78, 5) is 24.0. The molecule has 0 fully saturated rings. The molecule has 21 heavy (non-hydrogen) atoms. The van der Waals surface area contributed by atoms with Crippen molar-refractivity contribution in [2.75, 3.05) is 5.75 Å². The Morgan fingerprint density at radius 2 is 1.95 bits per heavy atom. The first-order valence-corrected chi connectivity index (χ1v) is 8.21. The number of thioether (sulfide) groups is 1. The summed E-state index contributed by atoms with van der Waals surface area (Å²) in [6.07, 6.45) is 0.990. The van der Waals surface area contributed by atoms with Crippen LogP contribution in [-0.4, -0.2) is 28.8 Å². The predicted molar refractivity (Wildman–Crippen MR) is 85.8 cm³/mol. The van der Waals surface area contributed by atoms with Crippen LogP contribution in [0.1, 0.15) is 26.7 Å². The van der Waals surface area contributed by atoms with E-state index in [-0.39, 0.29) is 18.2 Å². The minimum Gasteiger partial charge on any atom is -0.480 e. The van der Waals surface area contributed by atoms with Crippen LogP contribution >= 0.6 is 23.4 Å². The van der Waals surface area contributed by atoms with Crippen LogP contribution in [0.15, 0.2) is 29.2 Å². The van der Waals surface area contributed by atoms with E-state index in [9.17, 15) is 9.59 Å². The molecule has 0 aliphatic carbocycles. The number of carboxylic acid groups (broad SMARTS) is 1. The van der Waals surface area contributed by atoms with Gasteiger partial charge in [0, 0.05) is 22.1 Å². The van der Waals surface area contributed by atoms with Gasteiger partial charge in [0.1, 0.15) is 6.04 Å². The topological polar surface area (TPSA) is 66.4 Å². The van der Waals surface area contributed by atoms with Crippen LogP contribution in [0, 0.1) is 5.92 Å². The fourth-order valence-electron chi connectivity index (χ4n) is 1.72. The van der Waals surface area contributed by atoms with Crippen molar-refractivity contribution in [3.05, 3.63) is 29.3 Å². The smallest absolute Gasteiger partial charge is 0.326 e. The average molecular weight is 330 g/mol. The molecule has 0 saturated heterocycles. The van der Waals surface area contributed by atoms with E-state index < -0.39 is 12.0 Å². The lowest BCUT2D eigenvalue weighted by atomic mass is 9.99. The lowest BCUT2D eigenvalue weighted by molar-refractivity contribution is -0.143. The molecule has 0 aliphatic rings. The number of benzene rings is 1. The highest BCUT2D eigenvalue weighted by Gasteiger charge is 2.24. The highest BCUT2D eigenvalue weighted by Crippen LogP contribution is 2.21. The van der Waals surface area contributed by atoms with Crippen LogP contribution in [0.2, 0.25) is 5.02 Å². The van der Waals surface area contributed by atoms with E-state index in [1.54, 1.807) is 23.9 Å². The van der Waals surface area contributed by atoms with Gasteiger partial charge in [-0.15, -0.1) is 11.8 Å². The number of aliphatic carboxylic acids is 1. The maximum absolute atomic E-state index is 11.8. The number of carbonyl (C=O) groups is 2. The fraction of sp³-hybridized carbons (Fsp3) is 0.467. The molecule has 2 unspecified atom stereocenters. The summed E-state index contributed by atoms with van der Waals surface area (Å²) in [5.74, 6) is -0.706. The molecule has 0 aliphatic heterocycles. The highest BCUT2D eigenvalue weighted by atomic mass is 35.5. The van der Waals surface area contributed by atoms with Crippen LogP contribution in [0.5, 0.6) is 0 Å². The zero-order valence-corrected chi connectivity index (χ0v) is 13.7. The van der Waals surface area contributed by atoms with E-state index >= 15 is 0 Å². The maximum atomic E-state index is 11.8. The molecule has 0 radical (unpaired) electrons. The van der Waals surface area contributed by atoms with Crippen molar-refractivity contribution < 1.29 is 14.7 Å². The summed E-state index contributed by atoms with van der Waals surface area (Å²) in [5, 5.41) is 12.4. The molecule has 2 N–H and O–H groups in total. The molecule has 1 amide bonds. The molecular weight excluding hydrogens is 310 g/mol. The Morgan fingerprint density at radius 1 is 1.33 bits per heavy atom. The van der Waals surface area contributed by atoms with Crippen molar-refractivity contribution >= 4 is 35.2 Å². The second-order valence-electron chi connectivity index (χ2n) is 4.82. The van der Waals surface area contributed by atoms with Gasteiger partial charge in [0.15, 0.2) is 0 Å². The van der Waals surface area contributed by atoms with E-state index in [4.69, 9.17) is 16.7 Å². The number of rotatable bonds is 8. The Balaban J connectivity index is 2.39. The molecule has 116 valence electrons. The number of halogens is 1. The van der Waals surface area contributed by atoms with Gasteiger partial charge in [-0.3, -0.25) is 4.79 Å². The van der Waals surface area contributed by atoms with E-state index in [1.807, 2.05) is 26.0 Å². The monoisotopic (exact) mass is 329 g/mol. The van der Waals surface area contributed by atoms with Crippen LogP contribution in [0.4, 0.5) is 0 Å². The van der Waals surface area contributed by atoms with Gasteiger partial charge < -0.3 is 10.4 Å². The molecule has 1 aromatic carbocycles. The Labute approximate surface area is 134 Å². The Hall–Kier alpha value is -1.20. The second kappa shape index (κ2) is 8.95. The Bertz CT molecular complexity index is 478. The fourth-order valence-corrected chi connectivity index (χ4v) is 2.70. The normalized spacial score (nSPS) is 13.5. The van der Waals surface area contributed by atoms with Crippen molar-refractivity contribution in [3.63, 3.8) is 0 Å². The molecule has 1 rings (SSSR count). The minimum absolute atomic E-state index is 0.0876. The van der Waals surface area contributed by atoms with Crippen LogP contribution in [0.3, 0.4) is 0 Å². The standard InChI is InChI=1S/C15H20ClNO3S/c1-3-10(2)14(15(19)20)17-13(18)8-9-21-12-6-4-11(16)5-7-12/h4-7,10,14H,3,8-9H2,1-2H3,(H,17,18)(H,19,20). The van der Waals surface area contributed by atoms with E-state index in [0.717, 1.165) is 4.90 Å². The maximum Gasteiger partial charge on any atom is 0.326 e. The quantitative estimate of drug-likeness (QED) is 0.717. The van der Waals surface area contributed by atoms with Crippen molar-refractivity contribution in [2.45, 2.75) is 37.6 Å². The van der Waals surface area contributed by atoms with E-state index in [1.165, 1.54) is 0 Å². The first-order chi connectivity index (χ1) is 9.93. The van der Waals surface area contributed by atoms with Gasteiger partial charge in [-0.1, -0.05) is 31.9 Å². The summed E-state index contributed by atoms with van der Waals surface area (Å²) >= 11 is 7.34. The summed E-state index contributed by atoms with van der Waals surface area (Å²) in [5.41, 5.74) is 0. The molecular formula is C15H20ClNO3S. The van der Waals surface area contributed by atoms with Crippen molar-refractivity contribution in [1.29, 1.82) is 0 Å². The largest absolute Gasteiger partial charge is 0.480 e. The first-order valence-electron chi connectivity index (χ1n) is 6.84. The van der Waals surface area contributed by atoms with Crippen LogP contribution in [0.25, 0.3) is 0 Å². The number of carboxylic acids is 1. The van der Waals surface area contributed by atoms with Crippen LogP contribution < -0.4 is 5.32 Å². The molecule has 0 bridgehead atoms. The molecule has 1 aromatic rings. The third-order valence-corrected chi connectivity index (χ3v) is 4.47. The number of hydrogen-bond donors (Lipinski definition) is 2. The number of nitrogens with one attached hydrogen (secondary N) is 1. The molecule has 2 atom stereocenters. The molecule has 4 nitrogen and oxygen atoms in total. The second-order valence-corrected chi connectivity index (χ2v) is 6.43. The van der Waals surface area contributed by atoms with Gasteiger partial charge in [0.25, 0.3) is 0 Å². The van der Waals surface area contributed by atoms with Crippen molar-refractivity contribution in [3.8, 4) is 0 Å². The SMILES string of the molecule is CCC(C)C(NC(=O)CCSc1ccc(Cl)cc1)C(=O)O. The Kier molecular flexibility index (Phi) is 7.61. The van der Waals surface area contributed by atoms with E-state index in [2.05, 4.69) is 5.32 Å². The summed E-state index contributed by atoms with van der Waals surface area (Å²) in [6, 6.07) is 6.57. The number of amides is 1. The summed E-state index contributed by atoms with van der Waals surface area (Å²) < 4.78 is 0.